The fourth-order valence-corrected chi connectivity index (χ4v) is 2.91. The van der Waals surface area contributed by atoms with E-state index < -0.39 is 0 Å². The second-order valence-corrected chi connectivity index (χ2v) is 5.01. The molecule has 0 N–H and O–H groups in total. The van der Waals surface area contributed by atoms with Crippen molar-refractivity contribution in [2.24, 2.45) is 0 Å². The van der Waals surface area contributed by atoms with E-state index in [9.17, 15) is 4.79 Å². The highest BCUT2D eigenvalue weighted by atomic mass is 35.5. The van der Waals surface area contributed by atoms with Crippen LogP contribution in [0.5, 0.6) is 0 Å². The van der Waals surface area contributed by atoms with Gasteiger partial charge in [0.2, 0.25) is 5.28 Å². The number of halogens is 1. The molecule has 1 aromatic heterocycles. The largest absolute Gasteiger partial charge is 0.340 e. The van der Waals surface area contributed by atoms with E-state index >= 15 is 0 Å². The molecule has 1 amide bonds. The lowest BCUT2D eigenvalue weighted by molar-refractivity contribution is -0.121. The van der Waals surface area contributed by atoms with Gasteiger partial charge in [-0.05, 0) is 38.3 Å². The van der Waals surface area contributed by atoms with Gasteiger partial charge in [0, 0.05) is 13.1 Å². The summed E-state index contributed by atoms with van der Waals surface area (Å²) in [5.41, 5.74) is 0.404. The normalized spacial score (nSPS) is 20.3. The van der Waals surface area contributed by atoms with Crippen LogP contribution in [0.15, 0.2) is 6.20 Å². The van der Waals surface area contributed by atoms with Gasteiger partial charge in [-0.3, -0.25) is 4.79 Å². The number of amides is 1. The first kappa shape index (κ1) is 11.7. The van der Waals surface area contributed by atoms with Gasteiger partial charge in [-0.2, -0.15) is 4.98 Å². The second kappa shape index (κ2) is 3.82. The Morgan fingerprint density at radius 3 is 2.67 bits per heavy atom. The number of nitrogens with zero attached hydrogens (tertiary/aromatic N) is 4. The SMILES string of the molecule is CCN1C(=O)C2(CC2)N(CC)c2nc(Cl)ncc21. The highest BCUT2D eigenvalue weighted by Crippen LogP contribution is 2.51. The number of likely N-dealkylation sites (N-methyl/N-ethyl adjacent to an activating group) is 2. The Labute approximate surface area is 111 Å². The first-order chi connectivity index (χ1) is 8.64. The summed E-state index contributed by atoms with van der Waals surface area (Å²) >= 11 is 5.89. The molecule has 1 fully saturated rings. The third kappa shape index (κ3) is 1.37. The average Bonchev–Trinajstić information content (AvgIpc) is 3.13. The maximum atomic E-state index is 12.6. The van der Waals surface area contributed by atoms with Crippen LogP contribution in [0.3, 0.4) is 0 Å². The lowest BCUT2D eigenvalue weighted by Crippen LogP contribution is -2.56. The van der Waals surface area contributed by atoms with Crippen LogP contribution in [0.1, 0.15) is 26.7 Å². The van der Waals surface area contributed by atoms with Crippen LogP contribution in [-0.4, -0.2) is 34.5 Å². The molecule has 1 aliphatic heterocycles. The van der Waals surface area contributed by atoms with Gasteiger partial charge >= 0.3 is 0 Å². The van der Waals surface area contributed by atoms with Gasteiger partial charge in [0.25, 0.3) is 5.91 Å². The van der Waals surface area contributed by atoms with Crippen LogP contribution in [0.25, 0.3) is 0 Å². The van der Waals surface area contributed by atoms with Crippen LogP contribution in [-0.2, 0) is 4.79 Å². The average molecular weight is 267 g/mol. The summed E-state index contributed by atoms with van der Waals surface area (Å²) in [6, 6.07) is 0. The number of aromatic nitrogens is 2. The summed E-state index contributed by atoms with van der Waals surface area (Å²) in [4.78, 5) is 24.7. The number of hydrogen-bond donors (Lipinski definition) is 0. The zero-order chi connectivity index (χ0) is 12.9. The summed E-state index contributed by atoms with van der Waals surface area (Å²) in [6.07, 6.45) is 3.44. The zero-order valence-corrected chi connectivity index (χ0v) is 11.2. The molecule has 3 rings (SSSR count). The molecule has 0 radical (unpaired) electrons. The smallest absolute Gasteiger partial charge is 0.253 e. The predicted molar refractivity (Wildman–Crippen MR) is 70.1 cm³/mol. The van der Waals surface area contributed by atoms with E-state index in [1.807, 2.05) is 13.8 Å². The van der Waals surface area contributed by atoms with Gasteiger partial charge in [-0.1, -0.05) is 0 Å². The molecule has 0 atom stereocenters. The Bertz CT molecular complexity index is 515. The van der Waals surface area contributed by atoms with E-state index in [1.165, 1.54) is 0 Å². The molecule has 0 unspecified atom stereocenters. The molecule has 1 spiro atoms. The Kier molecular flexibility index (Phi) is 2.48. The molecular formula is C12H15ClN4O. The van der Waals surface area contributed by atoms with Crippen molar-refractivity contribution in [2.75, 3.05) is 22.9 Å². The van der Waals surface area contributed by atoms with Crippen LogP contribution >= 0.6 is 11.6 Å². The van der Waals surface area contributed by atoms with Crippen LogP contribution < -0.4 is 9.80 Å². The molecule has 1 saturated carbocycles. The fraction of sp³-hybridized carbons (Fsp3) is 0.583. The van der Waals surface area contributed by atoms with E-state index in [0.717, 1.165) is 30.9 Å². The van der Waals surface area contributed by atoms with Crippen LogP contribution in [0.2, 0.25) is 5.28 Å². The highest BCUT2D eigenvalue weighted by Gasteiger charge is 2.59. The minimum absolute atomic E-state index is 0.172. The molecule has 1 aliphatic carbocycles. The summed E-state index contributed by atoms with van der Waals surface area (Å²) in [5.74, 6) is 0.960. The highest BCUT2D eigenvalue weighted by molar-refractivity contribution is 6.28. The predicted octanol–water partition coefficient (Wildman–Crippen LogP) is 1.86. The molecule has 5 nitrogen and oxygen atoms in total. The zero-order valence-electron chi connectivity index (χ0n) is 10.5. The Hall–Kier alpha value is -1.36. The molecule has 96 valence electrons. The number of carbonyl (C=O) groups is 1. The summed E-state index contributed by atoms with van der Waals surface area (Å²) < 4.78 is 0. The van der Waals surface area contributed by atoms with E-state index in [1.54, 1.807) is 11.1 Å². The standard InChI is InChI=1S/C12H15ClN4O/c1-3-16-8-7-14-11(13)15-9(8)17(4-2)12(5-6-12)10(16)18/h7H,3-6H2,1-2H3. The molecule has 2 heterocycles. The monoisotopic (exact) mass is 266 g/mol. The molecule has 1 aromatic rings. The number of anilines is 2. The van der Waals surface area contributed by atoms with Gasteiger partial charge in [-0.15, -0.1) is 0 Å². The summed E-state index contributed by atoms with van der Waals surface area (Å²) in [7, 11) is 0. The Morgan fingerprint density at radius 1 is 1.39 bits per heavy atom. The molecule has 2 aliphatic rings. The second-order valence-electron chi connectivity index (χ2n) is 4.67. The first-order valence-corrected chi connectivity index (χ1v) is 6.64. The first-order valence-electron chi connectivity index (χ1n) is 6.26. The minimum atomic E-state index is -0.366. The number of rotatable bonds is 2. The van der Waals surface area contributed by atoms with Crippen LogP contribution in [0.4, 0.5) is 11.5 Å². The third-order valence-corrected chi connectivity index (χ3v) is 3.97. The van der Waals surface area contributed by atoms with Gasteiger partial charge in [0.1, 0.15) is 11.2 Å². The van der Waals surface area contributed by atoms with E-state index in [-0.39, 0.29) is 16.7 Å². The lowest BCUT2D eigenvalue weighted by atomic mass is 10.1. The Balaban J connectivity index is 2.19. The summed E-state index contributed by atoms with van der Waals surface area (Å²) in [6.45, 7) is 5.39. The van der Waals surface area contributed by atoms with Crippen LogP contribution in [0, 0.1) is 0 Å². The van der Waals surface area contributed by atoms with Gasteiger partial charge in [0.05, 0.1) is 6.20 Å². The van der Waals surface area contributed by atoms with Crippen molar-refractivity contribution in [1.82, 2.24) is 9.97 Å². The van der Waals surface area contributed by atoms with Gasteiger partial charge in [-0.25, -0.2) is 4.98 Å². The molecular weight excluding hydrogens is 252 g/mol. The number of fused-ring (bicyclic) bond motifs is 1. The molecule has 0 saturated heterocycles. The fourth-order valence-electron chi connectivity index (χ4n) is 2.78. The minimum Gasteiger partial charge on any atom is -0.340 e. The maximum absolute atomic E-state index is 12.6. The quantitative estimate of drug-likeness (QED) is 0.767. The van der Waals surface area contributed by atoms with Crippen molar-refractivity contribution in [3.8, 4) is 0 Å². The molecule has 18 heavy (non-hydrogen) atoms. The third-order valence-electron chi connectivity index (χ3n) is 3.78. The van der Waals surface area contributed by atoms with Crippen molar-refractivity contribution in [3.63, 3.8) is 0 Å². The van der Waals surface area contributed by atoms with Crippen molar-refractivity contribution in [1.29, 1.82) is 0 Å². The van der Waals surface area contributed by atoms with E-state index in [4.69, 9.17) is 11.6 Å². The molecule has 0 bridgehead atoms. The van der Waals surface area contributed by atoms with E-state index in [0.29, 0.717) is 6.54 Å². The van der Waals surface area contributed by atoms with Crippen molar-refractivity contribution in [3.05, 3.63) is 11.5 Å². The molecule has 0 aromatic carbocycles. The molecule has 6 heteroatoms. The van der Waals surface area contributed by atoms with Crippen molar-refractivity contribution < 1.29 is 4.79 Å². The lowest BCUT2D eigenvalue weighted by Gasteiger charge is -2.41. The van der Waals surface area contributed by atoms with Gasteiger partial charge in [0.15, 0.2) is 5.82 Å². The Morgan fingerprint density at radius 2 is 2.11 bits per heavy atom. The van der Waals surface area contributed by atoms with E-state index in [2.05, 4.69) is 14.9 Å². The van der Waals surface area contributed by atoms with Crippen molar-refractivity contribution >= 4 is 29.0 Å². The number of hydrogen-bond acceptors (Lipinski definition) is 4. The van der Waals surface area contributed by atoms with Crippen molar-refractivity contribution in [2.45, 2.75) is 32.2 Å². The maximum Gasteiger partial charge on any atom is 0.253 e. The topological polar surface area (TPSA) is 49.3 Å². The number of carbonyl (C=O) groups excluding carboxylic acids is 1. The van der Waals surface area contributed by atoms with Gasteiger partial charge < -0.3 is 9.80 Å². The summed E-state index contributed by atoms with van der Waals surface area (Å²) in [5, 5.41) is 0.230.